The number of aromatic nitrogens is 3. The fourth-order valence-corrected chi connectivity index (χ4v) is 5.68. The molecule has 3 heterocycles. The van der Waals surface area contributed by atoms with Gasteiger partial charge in [-0.25, -0.2) is 16.8 Å². The van der Waals surface area contributed by atoms with Crippen molar-refractivity contribution < 1.29 is 12.8 Å². The molecule has 0 spiro atoms. The Bertz CT molecular complexity index is 1350. The van der Waals surface area contributed by atoms with Crippen LogP contribution in [0.1, 0.15) is 24.6 Å². The monoisotopic (exact) mass is 438 g/mol. The third-order valence-electron chi connectivity index (χ3n) is 5.92. The van der Waals surface area contributed by atoms with E-state index in [4.69, 9.17) is 5.10 Å². The molecule has 31 heavy (non-hydrogen) atoms. The van der Waals surface area contributed by atoms with E-state index in [0.717, 1.165) is 42.8 Å². The summed E-state index contributed by atoms with van der Waals surface area (Å²) < 4.78 is 44.0. The third-order valence-corrected chi connectivity index (χ3v) is 7.61. The van der Waals surface area contributed by atoms with Gasteiger partial charge < -0.3 is 5.32 Å². The average molecular weight is 439 g/mol. The molecular weight excluding hydrogens is 415 g/mol. The van der Waals surface area contributed by atoms with Crippen LogP contribution in [0.4, 0.5) is 4.39 Å². The van der Waals surface area contributed by atoms with Gasteiger partial charge in [0.1, 0.15) is 5.82 Å². The molecular formula is C23H23FN4O2S. The predicted molar refractivity (Wildman–Crippen MR) is 118 cm³/mol. The molecule has 6 nitrogen and oxygen atoms in total. The lowest BCUT2D eigenvalue weighted by molar-refractivity contribution is 0.342. The third kappa shape index (κ3) is 3.45. The lowest BCUT2D eigenvalue weighted by atomic mass is 10.1. The van der Waals surface area contributed by atoms with Crippen molar-refractivity contribution in [2.45, 2.75) is 30.7 Å². The van der Waals surface area contributed by atoms with Crippen LogP contribution in [0.2, 0.25) is 0 Å². The van der Waals surface area contributed by atoms with Gasteiger partial charge in [0, 0.05) is 28.9 Å². The Morgan fingerprint density at radius 3 is 2.52 bits per heavy atom. The SMILES string of the molecule is Cc1nn(C2CCNCC2)cc1-c1cn(S(=O)(=O)c2ccccc2)c2cc(F)ccc12. The highest BCUT2D eigenvalue weighted by atomic mass is 32.2. The summed E-state index contributed by atoms with van der Waals surface area (Å²) in [5.41, 5.74) is 2.72. The summed E-state index contributed by atoms with van der Waals surface area (Å²) in [6.45, 7) is 3.82. The lowest BCUT2D eigenvalue weighted by Gasteiger charge is -2.22. The standard InChI is InChI=1S/C23H23FN4O2S/c1-16-21(14-27(26-16)18-9-11-25-12-10-18)22-15-28(23-13-17(24)7-8-20(22)23)31(29,30)19-5-3-2-4-6-19/h2-8,13-15,18,25H,9-12H2,1H3. The molecule has 0 bridgehead atoms. The summed E-state index contributed by atoms with van der Waals surface area (Å²) in [5.74, 6) is -0.483. The van der Waals surface area contributed by atoms with E-state index in [1.165, 1.54) is 16.1 Å². The molecule has 2 aromatic heterocycles. The number of aryl methyl sites for hydroxylation is 1. The van der Waals surface area contributed by atoms with Crippen LogP contribution in [0.15, 0.2) is 65.8 Å². The maximum absolute atomic E-state index is 14.1. The number of nitrogens with one attached hydrogen (secondary N) is 1. The average Bonchev–Trinajstić information content (AvgIpc) is 3.35. The minimum atomic E-state index is -3.88. The Morgan fingerprint density at radius 1 is 1.03 bits per heavy atom. The van der Waals surface area contributed by atoms with E-state index in [1.807, 2.05) is 17.8 Å². The molecule has 0 atom stereocenters. The predicted octanol–water partition coefficient (Wildman–Crippen LogP) is 4.11. The summed E-state index contributed by atoms with van der Waals surface area (Å²) in [7, 11) is -3.88. The molecule has 1 N–H and O–H groups in total. The van der Waals surface area contributed by atoms with Gasteiger partial charge in [-0.2, -0.15) is 5.10 Å². The first kappa shape index (κ1) is 20.0. The van der Waals surface area contributed by atoms with Gasteiger partial charge in [-0.3, -0.25) is 4.68 Å². The number of hydrogen-bond acceptors (Lipinski definition) is 4. The number of hydrogen-bond donors (Lipinski definition) is 1. The summed E-state index contributed by atoms with van der Waals surface area (Å²) in [6.07, 6.45) is 5.57. The number of benzene rings is 2. The zero-order valence-electron chi connectivity index (χ0n) is 17.1. The van der Waals surface area contributed by atoms with Gasteiger partial charge in [-0.1, -0.05) is 18.2 Å². The maximum atomic E-state index is 14.1. The van der Waals surface area contributed by atoms with Gasteiger partial charge in [0.2, 0.25) is 0 Å². The highest BCUT2D eigenvalue weighted by Gasteiger charge is 2.24. The Balaban J connectivity index is 1.69. The smallest absolute Gasteiger partial charge is 0.268 e. The highest BCUT2D eigenvalue weighted by Crippen LogP contribution is 2.35. The molecule has 1 saturated heterocycles. The quantitative estimate of drug-likeness (QED) is 0.521. The first-order valence-electron chi connectivity index (χ1n) is 10.3. The van der Waals surface area contributed by atoms with Crippen molar-refractivity contribution in [1.29, 1.82) is 0 Å². The van der Waals surface area contributed by atoms with Crippen molar-refractivity contribution >= 4 is 20.9 Å². The molecule has 0 aliphatic carbocycles. The van der Waals surface area contributed by atoms with E-state index in [2.05, 4.69) is 5.32 Å². The first-order chi connectivity index (χ1) is 14.9. The van der Waals surface area contributed by atoms with E-state index >= 15 is 0 Å². The summed E-state index contributed by atoms with van der Waals surface area (Å²) in [4.78, 5) is 0.157. The summed E-state index contributed by atoms with van der Waals surface area (Å²) in [5, 5.41) is 8.75. The first-order valence-corrected chi connectivity index (χ1v) is 11.8. The fraction of sp³-hybridized carbons (Fsp3) is 0.261. The van der Waals surface area contributed by atoms with Crippen LogP contribution in [-0.2, 0) is 10.0 Å². The molecule has 0 radical (unpaired) electrons. The van der Waals surface area contributed by atoms with Crippen LogP contribution in [-0.4, -0.2) is 35.3 Å². The summed E-state index contributed by atoms with van der Waals surface area (Å²) >= 11 is 0. The molecule has 2 aromatic carbocycles. The Morgan fingerprint density at radius 2 is 1.77 bits per heavy atom. The van der Waals surface area contributed by atoms with E-state index in [-0.39, 0.29) is 4.90 Å². The maximum Gasteiger partial charge on any atom is 0.268 e. The molecule has 0 saturated carbocycles. The molecule has 5 rings (SSSR count). The van der Waals surface area contributed by atoms with Crippen LogP contribution in [0, 0.1) is 12.7 Å². The van der Waals surface area contributed by atoms with Crippen LogP contribution in [0.3, 0.4) is 0 Å². The van der Waals surface area contributed by atoms with Crippen molar-refractivity contribution in [3.05, 3.63) is 72.4 Å². The van der Waals surface area contributed by atoms with Crippen LogP contribution >= 0.6 is 0 Å². The number of rotatable bonds is 4. The van der Waals surface area contributed by atoms with Crippen LogP contribution in [0.5, 0.6) is 0 Å². The van der Waals surface area contributed by atoms with E-state index in [9.17, 15) is 12.8 Å². The van der Waals surface area contributed by atoms with E-state index < -0.39 is 15.8 Å². The molecule has 4 aromatic rings. The lowest BCUT2D eigenvalue weighted by Crippen LogP contribution is -2.29. The topological polar surface area (TPSA) is 68.9 Å². The number of fused-ring (bicyclic) bond motifs is 1. The minimum Gasteiger partial charge on any atom is -0.317 e. The van der Waals surface area contributed by atoms with Gasteiger partial charge in [0.05, 0.1) is 22.1 Å². The molecule has 8 heteroatoms. The number of halogens is 1. The van der Waals surface area contributed by atoms with Gasteiger partial charge in [-0.05, 0) is 63.2 Å². The molecule has 0 amide bonds. The van der Waals surface area contributed by atoms with Gasteiger partial charge in [-0.15, -0.1) is 0 Å². The zero-order chi connectivity index (χ0) is 21.6. The molecule has 1 fully saturated rings. The summed E-state index contributed by atoms with van der Waals surface area (Å²) in [6, 6.07) is 12.8. The second kappa shape index (κ2) is 7.62. The largest absolute Gasteiger partial charge is 0.317 e. The second-order valence-corrected chi connectivity index (χ2v) is 9.72. The normalized spacial score (nSPS) is 15.5. The minimum absolute atomic E-state index is 0.157. The number of nitrogens with zero attached hydrogens (tertiary/aromatic N) is 3. The van der Waals surface area contributed by atoms with Gasteiger partial charge >= 0.3 is 0 Å². The van der Waals surface area contributed by atoms with Crippen molar-refractivity contribution in [1.82, 2.24) is 19.1 Å². The van der Waals surface area contributed by atoms with Crippen molar-refractivity contribution in [2.75, 3.05) is 13.1 Å². The second-order valence-electron chi connectivity index (χ2n) is 7.91. The fourth-order valence-electron chi connectivity index (χ4n) is 4.30. The van der Waals surface area contributed by atoms with Gasteiger partial charge in [0.25, 0.3) is 10.0 Å². The zero-order valence-corrected chi connectivity index (χ0v) is 17.9. The molecule has 1 aliphatic rings. The van der Waals surface area contributed by atoms with E-state index in [0.29, 0.717) is 16.9 Å². The van der Waals surface area contributed by atoms with E-state index in [1.54, 1.807) is 42.6 Å². The number of piperidine rings is 1. The molecule has 0 unspecified atom stereocenters. The highest BCUT2D eigenvalue weighted by molar-refractivity contribution is 7.90. The Labute approximate surface area is 180 Å². The Hall–Kier alpha value is -2.97. The molecule has 1 aliphatic heterocycles. The molecule has 160 valence electrons. The van der Waals surface area contributed by atoms with Crippen LogP contribution in [0.25, 0.3) is 22.0 Å². The van der Waals surface area contributed by atoms with Crippen molar-refractivity contribution in [2.24, 2.45) is 0 Å². The Kier molecular flexibility index (Phi) is 4.91. The van der Waals surface area contributed by atoms with Crippen molar-refractivity contribution in [3.8, 4) is 11.1 Å². The van der Waals surface area contributed by atoms with Crippen LogP contribution < -0.4 is 5.32 Å². The van der Waals surface area contributed by atoms with Gasteiger partial charge in [0.15, 0.2) is 0 Å². The van der Waals surface area contributed by atoms with Crippen molar-refractivity contribution in [3.63, 3.8) is 0 Å².